The summed E-state index contributed by atoms with van der Waals surface area (Å²) in [6.07, 6.45) is 6.64. The summed E-state index contributed by atoms with van der Waals surface area (Å²) in [5.41, 5.74) is 3.17. The van der Waals surface area contributed by atoms with Gasteiger partial charge in [-0.3, -0.25) is 9.69 Å². The molecule has 3 heterocycles. The molecule has 6 heteroatoms. The lowest BCUT2D eigenvalue weighted by Crippen LogP contribution is -2.45. The lowest BCUT2D eigenvalue weighted by Gasteiger charge is -2.39. The van der Waals surface area contributed by atoms with Crippen LogP contribution in [-0.2, 0) is 4.74 Å². The molecule has 1 atom stereocenters. The largest absolute Gasteiger partial charge is 0.370 e. The normalized spacial score (nSPS) is 21.8. The molecule has 2 aromatic rings. The molecule has 0 aliphatic carbocycles. The molecule has 2 aliphatic rings. The first-order valence-electron chi connectivity index (χ1n) is 10.8. The van der Waals surface area contributed by atoms with Crippen LogP contribution in [0.3, 0.4) is 0 Å². The number of aromatic nitrogens is 1. The van der Waals surface area contributed by atoms with E-state index < -0.39 is 0 Å². The molecule has 2 aliphatic heterocycles. The van der Waals surface area contributed by atoms with Gasteiger partial charge < -0.3 is 10.1 Å². The van der Waals surface area contributed by atoms with Gasteiger partial charge in [-0.25, -0.2) is 4.98 Å². The number of thiazole rings is 1. The smallest absolute Gasteiger partial charge is 0.270 e. The first-order valence-corrected chi connectivity index (χ1v) is 11.7. The predicted molar refractivity (Wildman–Crippen MR) is 122 cm³/mol. The van der Waals surface area contributed by atoms with Crippen LogP contribution in [0.1, 0.15) is 53.7 Å². The number of aryl methyl sites for hydroxylation is 1. The van der Waals surface area contributed by atoms with Crippen molar-refractivity contribution >= 4 is 23.3 Å². The Hall–Kier alpha value is -2.02. The van der Waals surface area contributed by atoms with Gasteiger partial charge in [0.2, 0.25) is 0 Å². The van der Waals surface area contributed by atoms with Crippen molar-refractivity contribution in [2.24, 2.45) is 0 Å². The fourth-order valence-electron chi connectivity index (χ4n) is 4.52. The molecule has 1 aromatic carbocycles. The molecular formula is C24H31N3O2S. The first-order chi connectivity index (χ1) is 14.5. The second-order valence-electron chi connectivity index (χ2n) is 8.60. The van der Waals surface area contributed by atoms with Crippen LogP contribution >= 0.6 is 11.3 Å². The number of hydrogen-bond acceptors (Lipinski definition) is 5. The number of hydrogen-bond donors (Lipinski definition) is 1. The van der Waals surface area contributed by atoms with Crippen LogP contribution in [-0.4, -0.2) is 53.7 Å². The zero-order valence-corrected chi connectivity index (χ0v) is 18.7. The van der Waals surface area contributed by atoms with Gasteiger partial charge in [-0.1, -0.05) is 42.0 Å². The Kier molecular flexibility index (Phi) is 6.66. The molecule has 160 valence electrons. The van der Waals surface area contributed by atoms with E-state index in [4.69, 9.17) is 4.74 Å². The van der Waals surface area contributed by atoms with Gasteiger partial charge in [-0.15, -0.1) is 11.3 Å². The van der Waals surface area contributed by atoms with Crippen molar-refractivity contribution < 1.29 is 9.53 Å². The zero-order chi connectivity index (χ0) is 21.0. The number of likely N-dealkylation sites (tertiary alicyclic amines) is 1. The molecule has 0 radical (unpaired) electrons. The minimum absolute atomic E-state index is 0.000161. The lowest BCUT2D eigenvalue weighted by atomic mass is 9.88. The molecule has 5 nitrogen and oxygen atoms in total. The van der Waals surface area contributed by atoms with E-state index in [1.54, 1.807) is 0 Å². The summed E-state index contributed by atoms with van der Waals surface area (Å²) in [7, 11) is 0. The number of amides is 1. The molecule has 4 rings (SSSR count). The molecule has 0 bridgehead atoms. The van der Waals surface area contributed by atoms with Crippen molar-refractivity contribution in [3.05, 3.63) is 57.6 Å². The quantitative estimate of drug-likeness (QED) is 0.750. The van der Waals surface area contributed by atoms with E-state index in [0.717, 1.165) is 50.3 Å². The highest BCUT2D eigenvalue weighted by Crippen LogP contribution is 2.38. The number of rotatable bonds is 6. The molecule has 0 saturated carbocycles. The molecular weight excluding hydrogens is 394 g/mol. The first kappa shape index (κ1) is 21.2. The Morgan fingerprint density at radius 1 is 1.30 bits per heavy atom. The van der Waals surface area contributed by atoms with Gasteiger partial charge >= 0.3 is 0 Å². The third-order valence-corrected chi connectivity index (χ3v) is 6.91. The van der Waals surface area contributed by atoms with E-state index in [9.17, 15) is 4.79 Å². The Morgan fingerprint density at radius 2 is 2.07 bits per heavy atom. The summed E-state index contributed by atoms with van der Waals surface area (Å²) in [5, 5.41) is 5.72. The third kappa shape index (κ3) is 5.36. The average Bonchev–Trinajstić information content (AvgIpc) is 3.35. The molecule has 1 amide bonds. The maximum atomic E-state index is 12.2. The fraction of sp³-hybridized carbons (Fsp3) is 0.500. The van der Waals surface area contributed by atoms with E-state index in [1.807, 2.05) is 12.3 Å². The number of ether oxygens (including phenoxy) is 1. The summed E-state index contributed by atoms with van der Waals surface area (Å²) in [5.74, 6) is -0.0978. The van der Waals surface area contributed by atoms with Gasteiger partial charge in [-0.05, 0) is 45.1 Å². The van der Waals surface area contributed by atoms with Gasteiger partial charge in [0, 0.05) is 31.6 Å². The SMILES string of the molecule is C/C(=C\c1ccccc1)CN1CCC2(CCC(CNC(=O)c3csc(C)n3)O2)CC1. The molecule has 1 unspecified atom stereocenters. The molecule has 30 heavy (non-hydrogen) atoms. The Labute approximate surface area is 183 Å². The van der Waals surface area contributed by atoms with E-state index in [1.165, 1.54) is 22.5 Å². The fourth-order valence-corrected chi connectivity index (χ4v) is 5.12. The number of nitrogens with zero attached hydrogens (tertiary/aromatic N) is 2. The Bertz CT molecular complexity index is 885. The Morgan fingerprint density at radius 3 is 2.77 bits per heavy atom. The van der Waals surface area contributed by atoms with Crippen LogP contribution in [0.4, 0.5) is 0 Å². The summed E-state index contributed by atoms with van der Waals surface area (Å²) in [6, 6.07) is 10.5. The molecule has 1 N–H and O–H groups in total. The van der Waals surface area contributed by atoms with E-state index in [-0.39, 0.29) is 17.6 Å². The highest BCUT2D eigenvalue weighted by molar-refractivity contribution is 7.09. The maximum Gasteiger partial charge on any atom is 0.270 e. The number of nitrogens with one attached hydrogen (secondary N) is 1. The van der Waals surface area contributed by atoms with Crippen molar-refractivity contribution in [1.29, 1.82) is 0 Å². The minimum Gasteiger partial charge on any atom is -0.370 e. The van der Waals surface area contributed by atoms with Gasteiger partial charge in [-0.2, -0.15) is 0 Å². The van der Waals surface area contributed by atoms with Crippen LogP contribution in [0.5, 0.6) is 0 Å². The van der Waals surface area contributed by atoms with E-state index in [0.29, 0.717) is 12.2 Å². The Balaban J connectivity index is 1.22. The topological polar surface area (TPSA) is 54.5 Å². The number of carbonyl (C=O) groups excluding carboxylic acids is 1. The van der Waals surface area contributed by atoms with Crippen LogP contribution < -0.4 is 5.32 Å². The highest BCUT2D eigenvalue weighted by atomic mass is 32.1. The van der Waals surface area contributed by atoms with Crippen molar-refractivity contribution in [2.75, 3.05) is 26.2 Å². The summed E-state index contributed by atoms with van der Waals surface area (Å²) >= 11 is 1.50. The van der Waals surface area contributed by atoms with Gasteiger partial charge in [0.1, 0.15) is 5.69 Å². The van der Waals surface area contributed by atoms with Gasteiger partial charge in [0.15, 0.2) is 0 Å². The monoisotopic (exact) mass is 425 g/mol. The zero-order valence-electron chi connectivity index (χ0n) is 17.9. The van der Waals surface area contributed by atoms with Crippen LogP contribution in [0.2, 0.25) is 0 Å². The predicted octanol–water partition coefficient (Wildman–Crippen LogP) is 4.30. The van der Waals surface area contributed by atoms with Crippen molar-refractivity contribution in [3.63, 3.8) is 0 Å². The van der Waals surface area contributed by atoms with Gasteiger partial charge in [0.05, 0.1) is 16.7 Å². The van der Waals surface area contributed by atoms with Crippen molar-refractivity contribution in [1.82, 2.24) is 15.2 Å². The number of carbonyl (C=O) groups is 1. The maximum absolute atomic E-state index is 12.2. The van der Waals surface area contributed by atoms with E-state index >= 15 is 0 Å². The van der Waals surface area contributed by atoms with Gasteiger partial charge in [0.25, 0.3) is 5.91 Å². The number of piperidine rings is 1. The summed E-state index contributed by atoms with van der Waals surface area (Å²) in [4.78, 5) is 19.0. The van der Waals surface area contributed by atoms with E-state index in [2.05, 4.69) is 58.5 Å². The van der Waals surface area contributed by atoms with Crippen LogP contribution in [0, 0.1) is 6.92 Å². The van der Waals surface area contributed by atoms with Crippen molar-refractivity contribution in [2.45, 2.75) is 51.2 Å². The lowest BCUT2D eigenvalue weighted by molar-refractivity contribution is -0.0743. The molecule has 1 aromatic heterocycles. The van der Waals surface area contributed by atoms with Crippen LogP contribution in [0.25, 0.3) is 6.08 Å². The van der Waals surface area contributed by atoms with Crippen molar-refractivity contribution in [3.8, 4) is 0 Å². The van der Waals surface area contributed by atoms with Crippen LogP contribution in [0.15, 0.2) is 41.3 Å². The average molecular weight is 426 g/mol. The minimum atomic E-state index is -0.0978. The molecule has 1 spiro atoms. The standard InChI is InChI=1S/C24H31N3O2S/c1-18(14-20-6-4-3-5-7-20)16-27-12-10-24(11-13-27)9-8-21(29-24)15-25-23(28)22-17-30-19(2)26-22/h3-7,14,17,21H,8-13,15-16H2,1-2H3,(H,25,28)/b18-14+. The highest BCUT2D eigenvalue weighted by Gasteiger charge is 2.42. The second kappa shape index (κ2) is 9.41. The number of benzene rings is 1. The summed E-state index contributed by atoms with van der Waals surface area (Å²) < 4.78 is 6.46. The third-order valence-electron chi connectivity index (χ3n) is 6.13. The molecule has 2 fully saturated rings. The molecule has 2 saturated heterocycles. The summed E-state index contributed by atoms with van der Waals surface area (Å²) in [6.45, 7) is 7.84. The second-order valence-corrected chi connectivity index (χ2v) is 9.66.